The molecule has 1 aliphatic rings. The lowest BCUT2D eigenvalue weighted by atomic mass is 10.0. The van der Waals surface area contributed by atoms with Gasteiger partial charge in [-0.1, -0.05) is 0 Å². The van der Waals surface area contributed by atoms with E-state index < -0.39 is 0 Å². The Balaban J connectivity index is 2.07. The minimum atomic E-state index is 0.127. The molecule has 1 unspecified atom stereocenters. The van der Waals surface area contributed by atoms with Gasteiger partial charge in [-0.15, -0.1) is 0 Å². The zero-order valence-electron chi connectivity index (χ0n) is 12.9. The summed E-state index contributed by atoms with van der Waals surface area (Å²) in [5, 5.41) is 4.25. The molecular weight excluding hydrogens is 336 g/mol. The number of ether oxygens (including phenoxy) is 1. The second-order valence-electron chi connectivity index (χ2n) is 5.58. The maximum Gasteiger partial charge on any atom is 0.183 e. The SMILES string of the molecule is COCCn1ncc(Br)c1C(=O)CC1CN(C)CCN1C. The number of aromatic nitrogens is 2. The molecule has 0 radical (unpaired) electrons. The topological polar surface area (TPSA) is 50.6 Å². The highest BCUT2D eigenvalue weighted by molar-refractivity contribution is 9.10. The number of methoxy groups -OCH3 is 1. The highest BCUT2D eigenvalue weighted by atomic mass is 79.9. The van der Waals surface area contributed by atoms with E-state index in [0.717, 1.165) is 24.1 Å². The average Bonchev–Trinajstić information content (AvgIpc) is 2.81. The Morgan fingerprint density at radius 1 is 1.48 bits per heavy atom. The lowest BCUT2D eigenvalue weighted by molar-refractivity contribution is 0.0798. The van der Waals surface area contributed by atoms with Gasteiger partial charge in [0.05, 0.1) is 23.8 Å². The molecule has 21 heavy (non-hydrogen) atoms. The number of Topliss-reactive ketones (excluding diaryl/α,β-unsaturated/α-hetero) is 1. The summed E-state index contributed by atoms with van der Waals surface area (Å²) in [6, 6.07) is 0.258. The fourth-order valence-corrected chi connectivity index (χ4v) is 3.14. The number of ketones is 1. The van der Waals surface area contributed by atoms with Crippen molar-refractivity contribution in [2.45, 2.75) is 19.0 Å². The van der Waals surface area contributed by atoms with Gasteiger partial charge < -0.3 is 14.5 Å². The van der Waals surface area contributed by atoms with Crippen molar-refractivity contribution < 1.29 is 9.53 Å². The summed E-state index contributed by atoms with van der Waals surface area (Å²) < 4.78 is 7.55. The molecule has 6 nitrogen and oxygen atoms in total. The summed E-state index contributed by atoms with van der Waals surface area (Å²) in [6.45, 7) is 4.10. The minimum absolute atomic E-state index is 0.127. The van der Waals surface area contributed by atoms with Crippen molar-refractivity contribution in [2.24, 2.45) is 0 Å². The van der Waals surface area contributed by atoms with Gasteiger partial charge in [0.15, 0.2) is 5.78 Å². The normalized spacial score (nSPS) is 20.9. The molecule has 1 atom stereocenters. The Bertz CT molecular complexity index is 491. The van der Waals surface area contributed by atoms with Crippen LogP contribution in [0.25, 0.3) is 0 Å². The molecule has 118 valence electrons. The number of rotatable bonds is 6. The monoisotopic (exact) mass is 358 g/mol. The van der Waals surface area contributed by atoms with E-state index in [-0.39, 0.29) is 11.8 Å². The molecule has 0 bridgehead atoms. The molecule has 1 aliphatic heterocycles. The number of carbonyl (C=O) groups is 1. The van der Waals surface area contributed by atoms with Crippen molar-refractivity contribution in [1.82, 2.24) is 19.6 Å². The fraction of sp³-hybridized carbons (Fsp3) is 0.714. The summed E-state index contributed by atoms with van der Waals surface area (Å²) in [6.07, 6.45) is 2.19. The maximum absolute atomic E-state index is 12.7. The van der Waals surface area contributed by atoms with Crippen LogP contribution in [-0.2, 0) is 11.3 Å². The second kappa shape index (κ2) is 7.49. The molecular formula is C14H23BrN4O2. The average molecular weight is 359 g/mol. The molecule has 1 fully saturated rings. The van der Waals surface area contributed by atoms with Crippen molar-refractivity contribution >= 4 is 21.7 Å². The van der Waals surface area contributed by atoms with Crippen LogP contribution >= 0.6 is 15.9 Å². The number of likely N-dealkylation sites (N-methyl/N-ethyl adjacent to an activating group) is 2. The molecule has 0 aromatic carbocycles. The number of halogens is 1. The van der Waals surface area contributed by atoms with Crippen LogP contribution in [0.4, 0.5) is 0 Å². The van der Waals surface area contributed by atoms with Gasteiger partial charge in [0.25, 0.3) is 0 Å². The first kappa shape index (κ1) is 16.6. The zero-order valence-corrected chi connectivity index (χ0v) is 14.5. The van der Waals surface area contributed by atoms with E-state index in [4.69, 9.17) is 4.74 Å². The van der Waals surface area contributed by atoms with Crippen LogP contribution in [0.15, 0.2) is 10.7 Å². The Labute approximate surface area is 134 Å². The number of carbonyl (C=O) groups excluding carboxylic acids is 1. The highest BCUT2D eigenvalue weighted by Gasteiger charge is 2.27. The zero-order chi connectivity index (χ0) is 15.4. The largest absolute Gasteiger partial charge is 0.383 e. The molecule has 0 saturated carbocycles. The van der Waals surface area contributed by atoms with E-state index in [9.17, 15) is 4.79 Å². The van der Waals surface area contributed by atoms with E-state index in [1.54, 1.807) is 18.0 Å². The predicted octanol–water partition coefficient (Wildman–Crippen LogP) is 1.11. The number of piperazine rings is 1. The van der Waals surface area contributed by atoms with Gasteiger partial charge in [0, 0.05) is 39.2 Å². The molecule has 0 aliphatic carbocycles. The van der Waals surface area contributed by atoms with Crippen LogP contribution in [0, 0.1) is 0 Å². The molecule has 2 heterocycles. The van der Waals surface area contributed by atoms with Gasteiger partial charge in [-0.25, -0.2) is 0 Å². The quantitative estimate of drug-likeness (QED) is 0.713. The molecule has 1 aromatic heterocycles. The van der Waals surface area contributed by atoms with Crippen LogP contribution in [0.1, 0.15) is 16.9 Å². The van der Waals surface area contributed by atoms with E-state index in [1.807, 2.05) is 0 Å². The van der Waals surface area contributed by atoms with E-state index in [1.165, 1.54) is 0 Å². The van der Waals surface area contributed by atoms with Crippen molar-refractivity contribution in [3.63, 3.8) is 0 Å². The Morgan fingerprint density at radius 3 is 2.95 bits per heavy atom. The lowest BCUT2D eigenvalue weighted by Crippen LogP contribution is -2.50. The summed E-state index contributed by atoms with van der Waals surface area (Å²) in [5.74, 6) is 0.127. The van der Waals surface area contributed by atoms with E-state index in [0.29, 0.717) is 25.3 Å². The van der Waals surface area contributed by atoms with Crippen molar-refractivity contribution in [3.05, 3.63) is 16.4 Å². The third-order valence-electron chi connectivity index (χ3n) is 3.97. The minimum Gasteiger partial charge on any atom is -0.383 e. The van der Waals surface area contributed by atoms with Gasteiger partial charge >= 0.3 is 0 Å². The van der Waals surface area contributed by atoms with Gasteiger partial charge in [-0.05, 0) is 30.0 Å². The molecule has 0 N–H and O–H groups in total. The molecule has 0 amide bonds. The Morgan fingerprint density at radius 2 is 2.24 bits per heavy atom. The third-order valence-corrected chi connectivity index (χ3v) is 4.55. The predicted molar refractivity (Wildman–Crippen MR) is 84.7 cm³/mol. The number of nitrogens with zero attached hydrogens (tertiary/aromatic N) is 4. The van der Waals surface area contributed by atoms with Crippen LogP contribution in [0.2, 0.25) is 0 Å². The van der Waals surface area contributed by atoms with Crippen molar-refractivity contribution in [1.29, 1.82) is 0 Å². The summed E-state index contributed by atoms with van der Waals surface area (Å²) in [4.78, 5) is 17.2. The van der Waals surface area contributed by atoms with Gasteiger partial charge in [-0.3, -0.25) is 9.48 Å². The Kier molecular flexibility index (Phi) is 5.92. The standard InChI is InChI=1S/C14H23BrN4O2/c1-17-4-5-18(2)11(10-17)8-13(20)14-12(15)9-16-19(14)6-7-21-3/h9,11H,4-8,10H2,1-3H3. The first-order chi connectivity index (χ1) is 10.0. The molecule has 0 spiro atoms. The summed E-state index contributed by atoms with van der Waals surface area (Å²) >= 11 is 3.43. The number of hydrogen-bond donors (Lipinski definition) is 0. The lowest BCUT2D eigenvalue weighted by Gasteiger charge is -2.37. The second-order valence-corrected chi connectivity index (χ2v) is 6.44. The van der Waals surface area contributed by atoms with Crippen LogP contribution in [0.5, 0.6) is 0 Å². The number of hydrogen-bond acceptors (Lipinski definition) is 5. The molecule has 1 saturated heterocycles. The first-order valence-corrected chi connectivity index (χ1v) is 7.94. The third kappa shape index (κ3) is 4.12. The fourth-order valence-electron chi connectivity index (χ4n) is 2.62. The molecule has 7 heteroatoms. The Hall–Kier alpha value is -0.760. The van der Waals surface area contributed by atoms with Crippen LogP contribution in [-0.4, -0.2) is 78.9 Å². The van der Waals surface area contributed by atoms with Gasteiger partial charge in [-0.2, -0.15) is 5.10 Å². The van der Waals surface area contributed by atoms with Crippen LogP contribution in [0.3, 0.4) is 0 Å². The van der Waals surface area contributed by atoms with Gasteiger partial charge in [0.2, 0.25) is 0 Å². The molecule has 2 rings (SSSR count). The molecule has 1 aromatic rings. The van der Waals surface area contributed by atoms with E-state index in [2.05, 4.69) is 44.9 Å². The van der Waals surface area contributed by atoms with Crippen molar-refractivity contribution in [2.75, 3.05) is 47.4 Å². The van der Waals surface area contributed by atoms with Gasteiger partial charge in [0.1, 0.15) is 5.69 Å². The highest BCUT2D eigenvalue weighted by Crippen LogP contribution is 2.20. The smallest absolute Gasteiger partial charge is 0.183 e. The first-order valence-electron chi connectivity index (χ1n) is 7.15. The summed E-state index contributed by atoms with van der Waals surface area (Å²) in [5.41, 5.74) is 0.647. The summed E-state index contributed by atoms with van der Waals surface area (Å²) in [7, 11) is 5.83. The van der Waals surface area contributed by atoms with E-state index >= 15 is 0 Å². The maximum atomic E-state index is 12.7. The van der Waals surface area contributed by atoms with Crippen LogP contribution < -0.4 is 0 Å². The van der Waals surface area contributed by atoms with Crippen molar-refractivity contribution in [3.8, 4) is 0 Å².